The molecule has 0 aliphatic carbocycles. The largest absolute Gasteiger partial charge is 0.495 e. The number of carbonyl (C=O) groups excluding carboxylic acids is 1. The molecule has 2 aromatic heterocycles. The van der Waals surface area contributed by atoms with E-state index in [0.29, 0.717) is 33.8 Å². The molecular formula is C16H16ClN5O3S. The van der Waals surface area contributed by atoms with Crippen LogP contribution >= 0.6 is 23.4 Å². The van der Waals surface area contributed by atoms with Crippen LogP contribution in [0.5, 0.6) is 5.75 Å². The molecule has 0 saturated carbocycles. The zero-order valence-corrected chi connectivity index (χ0v) is 15.6. The number of rotatable bonds is 6. The molecule has 2 N–H and O–H groups in total. The van der Waals surface area contributed by atoms with Crippen LogP contribution in [0.15, 0.2) is 34.2 Å². The zero-order valence-electron chi connectivity index (χ0n) is 14.1. The Bertz CT molecular complexity index is 1020. The van der Waals surface area contributed by atoms with Crippen molar-refractivity contribution in [1.29, 1.82) is 0 Å². The molecule has 0 aliphatic heterocycles. The molecule has 0 fully saturated rings. The van der Waals surface area contributed by atoms with Crippen LogP contribution in [0.4, 0.5) is 5.69 Å². The van der Waals surface area contributed by atoms with Crippen molar-refractivity contribution >= 4 is 40.7 Å². The van der Waals surface area contributed by atoms with Crippen molar-refractivity contribution in [3.05, 3.63) is 45.3 Å². The monoisotopic (exact) mass is 393 g/mol. The Balaban J connectivity index is 1.75. The summed E-state index contributed by atoms with van der Waals surface area (Å²) >= 11 is 7.18. The molecule has 0 radical (unpaired) electrons. The highest BCUT2D eigenvalue weighted by Crippen LogP contribution is 2.28. The van der Waals surface area contributed by atoms with E-state index < -0.39 is 0 Å². The average molecular weight is 394 g/mol. The molecule has 0 aliphatic rings. The molecule has 0 spiro atoms. The summed E-state index contributed by atoms with van der Waals surface area (Å²) in [5.74, 6) is 0.744. The summed E-state index contributed by atoms with van der Waals surface area (Å²) in [5.41, 5.74) is 1.03. The number of methoxy groups -OCH3 is 1. The molecule has 1 aromatic carbocycles. The van der Waals surface area contributed by atoms with Crippen LogP contribution < -0.4 is 15.6 Å². The second-order valence-corrected chi connectivity index (χ2v) is 6.68. The van der Waals surface area contributed by atoms with Gasteiger partial charge in [-0.2, -0.15) is 0 Å². The van der Waals surface area contributed by atoms with Crippen LogP contribution in [0.25, 0.3) is 5.78 Å². The highest BCUT2D eigenvalue weighted by atomic mass is 35.5. The number of benzene rings is 1. The molecule has 0 bridgehead atoms. The predicted molar refractivity (Wildman–Crippen MR) is 100 cm³/mol. The van der Waals surface area contributed by atoms with Gasteiger partial charge in [0.1, 0.15) is 5.75 Å². The maximum absolute atomic E-state index is 12.3. The number of ether oxygens (including phenoxy) is 1. The fourth-order valence-corrected chi connectivity index (χ4v) is 3.36. The minimum atomic E-state index is -0.241. The van der Waals surface area contributed by atoms with Gasteiger partial charge in [0.25, 0.3) is 5.56 Å². The minimum Gasteiger partial charge on any atom is -0.495 e. The molecule has 10 heteroatoms. The van der Waals surface area contributed by atoms with Crippen LogP contribution in [0.1, 0.15) is 12.6 Å². The SMILES string of the molecule is CCc1cc(=O)[nH]c2nnc(SCC(=O)Nc3cc(Cl)ccc3OC)n12. The Morgan fingerprint density at radius 2 is 2.19 bits per heavy atom. The number of H-pyrrole nitrogens is 1. The van der Waals surface area contributed by atoms with Gasteiger partial charge < -0.3 is 10.1 Å². The number of aromatic nitrogens is 4. The quantitative estimate of drug-likeness (QED) is 0.623. The highest BCUT2D eigenvalue weighted by molar-refractivity contribution is 7.99. The second kappa shape index (κ2) is 7.79. The third kappa shape index (κ3) is 3.83. The molecule has 8 nitrogen and oxygen atoms in total. The maximum Gasteiger partial charge on any atom is 0.252 e. The van der Waals surface area contributed by atoms with Gasteiger partial charge in [-0.15, -0.1) is 10.2 Å². The highest BCUT2D eigenvalue weighted by Gasteiger charge is 2.14. The molecule has 26 heavy (non-hydrogen) atoms. The number of nitrogens with one attached hydrogen (secondary N) is 2. The van der Waals surface area contributed by atoms with Crippen LogP contribution in [-0.2, 0) is 11.2 Å². The molecule has 0 atom stereocenters. The van der Waals surface area contributed by atoms with E-state index in [4.69, 9.17) is 16.3 Å². The lowest BCUT2D eigenvalue weighted by atomic mass is 10.3. The molecule has 1 amide bonds. The van der Waals surface area contributed by atoms with E-state index in [1.807, 2.05) is 6.92 Å². The fraction of sp³-hybridized carbons (Fsp3) is 0.250. The summed E-state index contributed by atoms with van der Waals surface area (Å²) in [6, 6.07) is 6.48. The van der Waals surface area contributed by atoms with E-state index in [2.05, 4.69) is 20.5 Å². The molecule has 0 unspecified atom stereocenters. The van der Waals surface area contributed by atoms with Crippen LogP contribution in [0.3, 0.4) is 0 Å². The topological polar surface area (TPSA) is 101 Å². The van der Waals surface area contributed by atoms with E-state index in [1.54, 1.807) is 22.6 Å². The van der Waals surface area contributed by atoms with Gasteiger partial charge in [0.2, 0.25) is 11.7 Å². The van der Waals surface area contributed by atoms with Crippen molar-refractivity contribution in [2.24, 2.45) is 0 Å². The van der Waals surface area contributed by atoms with Gasteiger partial charge in [0, 0.05) is 16.8 Å². The number of nitrogens with zero attached hydrogens (tertiary/aromatic N) is 3. The summed E-state index contributed by atoms with van der Waals surface area (Å²) < 4.78 is 6.95. The molecular weight excluding hydrogens is 378 g/mol. The van der Waals surface area contributed by atoms with E-state index in [9.17, 15) is 9.59 Å². The van der Waals surface area contributed by atoms with Gasteiger partial charge >= 0.3 is 0 Å². The van der Waals surface area contributed by atoms with E-state index in [0.717, 1.165) is 5.69 Å². The van der Waals surface area contributed by atoms with Gasteiger partial charge in [0.05, 0.1) is 18.6 Å². The summed E-state index contributed by atoms with van der Waals surface area (Å²) in [6.45, 7) is 1.93. The summed E-state index contributed by atoms with van der Waals surface area (Å²) in [7, 11) is 1.52. The van der Waals surface area contributed by atoms with Gasteiger partial charge in [-0.25, -0.2) is 0 Å². The Hall–Kier alpha value is -2.52. The van der Waals surface area contributed by atoms with E-state index >= 15 is 0 Å². The standard InChI is InChI=1S/C16H16ClN5O3S/c1-3-10-7-13(23)19-15-20-21-16(22(10)15)26-8-14(24)18-11-6-9(17)4-5-12(11)25-2/h4-7H,3,8H2,1-2H3,(H,18,24)(H,19,20,23). The molecule has 2 heterocycles. The number of aromatic amines is 1. The first-order chi connectivity index (χ1) is 12.5. The van der Waals surface area contributed by atoms with Crippen molar-refractivity contribution in [3.63, 3.8) is 0 Å². The minimum absolute atomic E-state index is 0.110. The van der Waals surface area contributed by atoms with Gasteiger partial charge in [-0.3, -0.25) is 19.0 Å². The third-order valence-electron chi connectivity index (χ3n) is 3.58. The van der Waals surface area contributed by atoms with Gasteiger partial charge in [-0.05, 0) is 24.6 Å². The predicted octanol–water partition coefficient (Wildman–Crippen LogP) is 2.37. The van der Waals surface area contributed by atoms with Gasteiger partial charge in [0.15, 0.2) is 5.16 Å². The Morgan fingerprint density at radius 1 is 1.38 bits per heavy atom. The molecule has 3 aromatic rings. The Kier molecular flexibility index (Phi) is 5.48. The number of hydrogen-bond acceptors (Lipinski definition) is 6. The normalized spacial score (nSPS) is 10.9. The molecule has 136 valence electrons. The summed E-state index contributed by atoms with van der Waals surface area (Å²) in [6.07, 6.45) is 0.637. The Morgan fingerprint density at radius 3 is 2.92 bits per heavy atom. The first-order valence-electron chi connectivity index (χ1n) is 7.75. The van der Waals surface area contributed by atoms with Crippen molar-refractivity contribution in [2.45, 2.75) is 18.5 Å². The lowest BCUT2D eigenvalue weighted by Crippen LogP contribution is -2.15. The Labute approximate surface area is 157 Å². The van der Waals surface area contributed by atoms with Gasteiger partial charge in [-0.1, -0.05) is 30.3 Å². The van der Waals surface area contributed by atoms with Crippen molar-refractivity contribution < 1.29 is 9.53 Å². The second-order valence-electron chi connectivity index (χ2n) is 5.30. The number of thioether (sulfide) groups is 1. The van der Waals surface area contributed by atoms with Crippen molar-refractivity contribution in [3.8, 4) is 5.75 Å². The maximum atomic E-state index is 12.3. The number of amides is 1. The molecule has 0 saturated heterocycles. The smallest absolute Gasteiger partial charge is 0.252 e. The zero-order chi connectivity index (χ0) is 18.7. The number of halogens is 1. The number of aryl methyl sites for hydroxylation is 1. The number of hydrogen-bond donors (Lipinski definition) is 2. The summed E-state index contributed by atoms with van der Waals surface area (Å²) in [4.78, 5) is 26.5. The van der Waals surface area contributed by atoms with Crippen molar-refractivity contribution in [2.75, 3.05) is 18.2 Å². The lowest BCUT2D eigenvalue weighted by Gasteiger charge is -2.10. The van der Waals surface area contributed by atoms with Crippen molar-refractivity contribution in [1.82, 2.24) is 19.6 Å². The average Bonchev–Trinajstić information content (AvgIpc) is 3.02. The first kappa shape index (κ1) is 18.3. The van der Waals surface area contributed by atoms with Crippen LogP contribution in [0.2, 0.25) is 5.02 Å². The number of fused-ring (bicyclic) bond motifs is 1. The van der Waals surface area contributed by atoms with E-state index in [-0.39, 0.29) is 17.2 Å². The van der Waals surface area contributed by atoms with E-state index in [1.165, 1.54) is 24.9 Å². The first-order valence-corrected chi connectivity index (χ1v) is 9.11. The van der Waals surface area contributed by atoms with Crippen LogP contribution in [0, 0.1) is 0 Å². The number of anilines is 1. The summed E-state index contributed by atoms with van der Waals surface area (Å²) in [5, 5.41) is 11.8. The third-order valence-corrected chi connectivity index (χ3v) is 4.75. The fourth-order valence-electron chi connectivity index (χ4n) is 2.42. The molecule has 3 rings (SSSR count). The van der Waals surface area contributed by atoms with Crippen LogP contribution in [-0.4, -0.2) is 38.4 Å². The lowest BCUT2D eigenvalue weighted by molar-refractivity contribution is -0.113. The number of carbonyl (C=O) groups is 1.